The number of hydrogen-bond donors (Lipinski definition) is 2. The first-order valence-electron chi connectivity index (χ1n) is 7.39. The topological polar surface area (TPSA) is 95.6 Å². The fourth-order valence-corrected chi connectivity index (χ4v) is 3.49. The number of carbonyl (C=O) groups is 2. The van der Waals surface area contributed by atoms with E-state index in [1.54, 1.807) is 24.3 Å². The Hall–Kier alpha value is -1.93. The van der Waals surface area contributed by atoms with Crippen LogP contribution in [-0.4, -0.2) is 43.9 Å². The van der Waals surface area contributed by atoms with Crippen molar-refractivity contribution in [2.75, 3.05) is 30.0 Å². The second kappa shape index (κ2) is 7.10. The summed E-state index contributed by atoms with van der Waals surface area (Å²) in [5.41, 5.74) is 1.16. The molecule has 1 aromatic rings. The third-order valence-electron chi connectivity index (χ3n) is 3.67. The lowest BCUT2D eigenvalue weighted by atomic mass is 9.98. The van der Waals surface area contributed by atoms with Gasteiger partial charge >= 0.3 is 0 Å². The molecule has 0 aromatic heterocycles. The van der Waals surface area contributed by atoms with Crippen molar-refractivity contribution in [2.24, 2.45) is 5.92 Å². The highest BCUT2D eigenvalue weighted by molar-refractivity contribution is 7.88. The summed E-state index contributed by atoms with van der Waals surface area (Å²) in [5, 5.41) is 5.43. The van der Waals surface area contributed by atoms with Crippen molar-refractivity contribution in [3.05, 3.63) is 24.3 Å². The van der Waals surface area contributed by atoms with E-state index in [9.17, 15) is 18.0 Å². The summed E-state index contributed by atoms with van der Waals surface area (Å²) in [6.45, 7) is 2.07. The molecule has 2 rings (SSSR count). The van der Waals surface area contributed by atoms with Crippen LogP contribution in [0.1, 0.15) is 19.8 Å². The van der Waals surface area contributed by atoms with E-state index < -0.39 is 10.0 Å². The maximum absolute atomic E-state index is 12.4. The molecule has 2 amide bonds. The van der Waals surface area contributed by atoms with Gasteiger partial charge in [-0.15, -0.1) is 0 Å². The van der Waals surface area contributed by atoms with Crippen molar-refractivity contribution in [3.63, 3.8) is 0 Å². The number of nitrogens with zero attached hydrogens (tertiary/aromatic N) is 1. The van der Waals surface area contributed by atoms with E-state index in [2.05, 4.69) is 10.6 Å². The highest BCUT2D eigenvalue weighted by atomic mass is 32.2. The number of carbonyl (C=O) groups excluding carboxylic acids is 2. The number of sulfonamides is 1. The zero-order valence-electron chi connectivity index (χ0n) is 13.2. The van der Waals surface area contributed by atoms with Crippen molar-refractivity contribution in [1.29, 1.82) is 0 Å². The predicted octanol–water partition coefficient (Wildman–Crippen LogP) is 1.26. The third-order valence-corrected chi connectivity index (χ3v) is 4.94. The van der Waals surface area contributed by atoms with Gasteiger partial charge in [-0.2, -0.15) is 0 Å². The average molecular weight is 339 g/mol. The molecule has 0 spiro atoms. The highest BCUT2D eigenvalue weighted by Gasteiger charge is 2.30. The Bertz CT molecular complexity index is 702. The molecule has 8 heteroatoms. The quantitative estimate of drug-likeness (QED) is 0.863. The Morgan fingerprint density at radius 2 is 1.87 bits per heavy atom. The number of benzene rings is 1. The molecule has 0 bridgehead atoms. The minimum atomic E-state index is -3.28. The zero-order chi connectivity index (χ0) is 17.0. The summed E-state index contributed by atoms with van der Waals surface area (Å²) in [6.07, 6.45) is 2.48. The number of nitrogens with one attached hydrogen (secondary N) is 2. The Labute approximate surface area is 136 Å². The molecule has 1 atom stereocenters. The van der Waals surface area contributed by atoms with Gasteiger partial charge in [0.15, 0.2) is 0 Å². The van der Waals surface area contributed by atoms with Crippen molar-refractivity contribution < 1.29 is 18.0 Å². The van der Waals surface area contributed by atoms with E-state index in [4.69, 9.17) is 0 Å². The molecule has 0 unspecified atom stereocenters. The molecule has 1 aliphatic rings. The molecule has 23 heavy (non-hydrogen) atoms. The van der Waals surface area contributed by atoms with Crippen LogP contribution in [0.4, 0.5) is 11.4 Å². The molecule has 1 fully saturated rings. The summed E-state index contributed by atoms with van der Waals surface area (Å²) in [4.78, 5) is 23.4. The molecule has 126 valence electrons. The van der Waals surface area contributed by atoms with Gasteiger partial charge in [0.2, 0.25) is 21.8 Å². The highest BCUT2D eigenvalue weighted by Crippen LogP contribution is 2.21. The third kappa shape index (κ3) is 5.04. The van der Waals surface area contributed by atoms with Crippen molar-refractivity contribution >= 4 is 33.2 Å². The van der Waals surface area contributed by atoms with Gasteiger partial charge < -0.3 is 10.6 Å². The number of rotatable bonds is 4. The lowest BCUT2D eigenvalue weighted by molar-refractivity contribution is -0.121. The van der Waals surface area contributed by atoms with Crippen LogP contribution < -0.4 is 10.6 Å². The number of piperidine rings is 1. The molecule has 1 heterocycles. The molecular weight excluding hydrogens is 318 g/mol. The molecule has 1 aliphatic heterocycles. The SMILES string of the molecule is CC(=O)Nc1cccc(NC(=O)[C@H]2CCCN(S(C)(=O)=O)C2)c1. The van der Waals surface area contributed by atoms with Gasteiger partial charge in [-0.25, -0.2) is 12.7 Å². The first kappa shape index (κ1) is 17.4. The van der Waals surface area contributed by atoms with Gasteiger partial charge in [-0.1, -0.05) is 6.07 Å². The van der Waals surface area contributed by atoms with Gasteiger partial charge in [-0.05, 0) is 31.0 Å². The van der Waals surface area contributed by atoms with Gasteiger partial charge in [0.1, 0.15) is 0 Å². The van der Waals surface area contributed by atoms with Gasteiger partial charge in [0, 0.05) is 31.4 Å². The molecule has 7 nitrogen and oxygen atoms in total. The average Bonchev–Trinajstić information content (AvgIpc) is 2.46. The second-order valence-electron chi connectivity index (χ2n) is 5.71. The van der Waals surface area contributed by atoms with E-state index >= 15 is 0 Å². The molecule has 0 radical (unpaired) electrons. The van der Waals surface area contributed by atoms with Gasteiger partial charge in [-0.3, -0.25) is 9.59 Å². The zero-order valence-corrected chi connectivity index (χ0v) is 14.0. The number of anilines is 2. The summed E-state index contributed by atoms with van der Waals surface area (Å²) >= 11 is 0. The maximum Gasteiger partial charge on any atom is 0.228 e. The van der Waals surface area contributed by atoms with E-state index in [0.29, 0.717) is 30.8 Å². The first-order valence-corrected chi connectivity index (χ1v) is 9.24. The molecule has 1 aromatic carbocycles. The summed E-state index contributed by atoms with van der Waals surface area (Å²) < 4.78 is 24.6. The van der Waals surface area contributed by atoms with Crippen LogP contribution >= 0.6 is 0 Å². The smallest absolute Gasteiger partial charge is 0.228 e. The van der Waals surface area contributed by atoms with Crippen LogP contribution in [0.5, 0.6) is 0 Å². The van der Waals surface area contributed by atoms with Crippen LogP contribution in [0.3, 0.4) is 0 Å². The summed E-state index contributed by atoms with van der Waals surface area (Å²) in [6, 6.07) is 6.84. The monoisotopic (exact) mass is 339 g/mol. The second-order valence-corrected chi connectivity index (χ2v) is 7.69. The molecule has 2 N–H and O–H groups in total. The van der Waals surface area contributed by atoms with E-state index in [-0.39, 0.29) is 24.3 Å². The molecular formula is C15H21N3O4S. The molecule has 0 saturated carbocycles. The Kier molecular flexibility index (Phi) is 5.38. The Morgan fingerprint density at radius 3 is 2.48 bits per heavy atom. The summed E-state index contributed by atoms with van der Waals surface area (Å²) in [5.74, 6) is -0.772. The maximum atomic E-state index is 12.4. The van der Waals surface area contributed by atoms with Crippen LogP contribution in [0.15, 0.2) is 24.3 Å². The largest absolute Gasteiger partial charge is 0.326 e. The molecule has 0 aliphatic carbocycles. The Balaban J connectivity index is 2.02. The Morgan fingerprint density at radius 1 is 1.22 bits per heavy atom. The van der Waals surface area contributed by atoms with Gasteiger partial charge in [0.05, 0.1) is 12.2 Å². The predicted molar refractivity (Wildman–Crippen MR) is 88.5 cm³/mol. The van der Waals surface area contributed by atoms with Crippen LogP contribution in [0.2, 0.25) is 0 Å². The first-order chi connectivity index (χ1) is 10.8. The van der Waals surface area contributed by atoms with Crippen molar-refractivity contribution in [3.8, 4) is 0 Å². The lowest BCUT2D eigenvalue weighted by Crippen LogP contribution is -2.43. The van der Waals surface area contributed by atoms with Crippen molar-refractivity contribution in [1.82, 2.24) is 4.31 Å². The van der Waals surface area contributed by atoms with Crippen LogP contribution in [0, 0.1) is 5.92 Å². The standard InChI is InChI=1S/C15H21N3O4S/c1-11(19)16-13-6-3-7-14(9-13)17-15(20)12-5-4-8-18(10-12)23(2,21)22/h3,6-7,9,12H,4-5,8,10H2,1-2H3,(H,16,19)(H,17,20)/t12-/m0/s1. The number of hydrogen-bond acceptors (Lipinski definition) is 4. The van der Waals surface area contributed by atoms with E-state index in [1.807, 2.05) is 0 Å². The molecule has 1 saturated heterocycles. The summed E-state index contributed by atoms with van der Waals surface area (Å²) in [7, 11) is -3.28. The van der Waals surface area contributed by atoms with Crippen LogP contribution in [0.25, 0.3) is 0 Å². The minimum Gasteiger partial charge on any atom is -0.326 e. The van der Waals surface area contributed by atoms with Crippen LogP contribution in [-0.2, 0) is 19.6 Å². The van der Waals surface area contributed by atoms with Gasteiger partial charge in [0.25, 0.3) is 0 Å². The van der Waals surface area contributed by atoms with Crippen molar-refractivity contribution in [2.45, 2.75) is 19.8 Å². The minimum absolute atomic E-state index is 0.190. The number of amides is 2. The fourth-order valence-electron chi connectivity index (χ4n) is 2.58. The van der Waals surface area contributed by atoms with E-state index in [0.717, 1.165) is 6.26 Å². The van der Waals surface area contributed by atoms with E-state index in [1.165, 1.54) is 11.2 Å². The fraction of sp³-hybridized carbons (Fsp3) is 0.467. The normalized spacial score (nSPS) is 19.1. The lowest BCUT2D eigenvalue weighted by Gasteiger charge is -2.30.